The van der Waals surface area contributed by atoms with Crippen LogP contribution >= 0.6 is 11.3 Å². The van der Waals surface area contributed by atoms with Crippen molar-refractivity contribution in [2.75, 3.05) is 12.4 Å². The van der Waals surface area contributed by atoms with E-state index < -0.39 is 5.91 Å². The number of benzene rings is 3. The first kappa shape index (κ1) is 24.6. The highest BCUT2D eigenvalue weighted by Gasteiger charge is 2.14. The molecule has 0 unspecified atom stereocenters. The van der Waals surface area contributed by atoms with Gasteiger partial charge in [0.05, 0.1) is 7.11 Å². The van der Waals surface area contributed by atoms with Crippen molar-refractivity contribution < 1.29 is 18.7 Å². The maximum atomic E-state index is 13.9. The minimum absolute atomic E-state index is 0.0260. The second kappa shape index (κ2) is 11.7. The molecular weight excluding hydrogens is 479 g/mol. The molecule has 0 saturated carbocycles. The number of anilines is 1. The highest BCUT2D eigenvalue weighted by Crippen LogP contribution is 2.30. The molecule has 0 aliphatic carbocycles. The van der Waals surface area contributed by atoms with Crippen LogP contribution in [0.2, 0.25) is 0 Å². The van der Waals surface area contributed by atoms with Crippen LogP contribution in [0.15, 0.2) is 78.4 Å². The largest absolute Gasteiger partial charge is 0.493 e. The summed E-state index contributed by atoms with van der Waals surface area (Å²) >= 11 is 1.25. The minimum atomic E-state index is -0.598. The highest BCUT2D eigenvalue weighted by atomic mass is 32.1. The van der Waals surface area contributed by atoms with Gasteiger partial charge in [0, 0.05) is 12.0 Å². The zero-order valence-electron chi connectivity index (χ0n) is 19.3. The number of nitriles is 1. The fraction of sp³-hybridized carbons (Fsp3) is 0.111. The number of nitrogens with zero attached hydrogens (tertiary/aromatic N) is 3. The topological polar surface area (TPSA) is 97.1 Å². The number of aromatic nitrogens is 2. The number of methoxy groups -OCH3 is 1. The van der Waals surface area contributed by atoms with Gasteiger partial charge in [-0.1, -0.05) is 65.9 Å². The molecule has 0 aliphatic rings. The maximum absolute atomic E-state index is 13.9. The van der Waals surface area contributed by atoms with Gasteiger partial charge >= 0.3 is 0 Å². The monoisotopic (exact) mass is 500 g/mol. The van der Waals surface area contributed by atoms with E-state index in [0.717, 1.165) is 10.6 Å². The van der Waals surface area contributed by atoms with E-state index in [1.165, 1.54) is 30.6 Å². The molecule has 1 heterocycles. The first-order chi connectivity index (χ1) is 17.6. The zero-order chi connectivity index (χ0) is 25.3. The van der Waals surface area contributed by atoms with Gasteiger partial charge in [0.15, 0.2) is 11.5 Å². The van der Waals surface area contributed by atoms with E-state index in [0.29, 0.717) is 34.2 Å². The molecule has 7 nitrogen and oxygen atoms in total. The highest BCUT2D eigenvalue weighted by molar-refractivity contribution is 7.15. The molecule has 180 valence electrons. The van der Waals surface area contributed by atoms with Crippen LogP contribution in [0.5, 0.6) is 11.5 Å². The average Bonchev–Trinajstić information content (AvgIpc) is 3.34. The first-order valence-electron chi connectivity index (χ1n) is 10.9. The molecule has 9 heteroatoms. The van der Waals surface area contributed by atoms with Crippen LogP contribution < -0.4 is 14.8 Å². The quantitative estimate of drug-likeness (QED) is 0.244. The number of hydrogen-bond acceptors (Lipinski definition) is 7. The summed E-state index contributed by atoms with van der Waals surface area (Å²) in [6, 6.07) is 23.0. The summed E-state index contributed by atoms with van der Waals surface area (Å²) in [7, 11) is 1.47. The third-order valence-corrected chi connectivity index (χ3v) is 5.93. The van der Waals surface area contributed by atoms with Gasteiger partial charge in [0.1, 0.15) is 29.1 Å². The van der Waals surface area contributed by atoms with Gasteiger partial charge in [-0.3, -0.25) is 10.1 Å². The van der Waals surface area contributed by atoms with Gasteiger partial charge in [-0.25, -0.2) is 4.39 Å². The van der Waals surface area contributed by atoms with Crippen molar-refractivity contribution in [3.63, 3.8) is 0 Å². The Morgan fingerprint density at radius 2 is 1.86 bits per heavy atom. The summed E-state index contributed by atoms with van der Waals surface area (Å²) in [6.07, 6.45) is 2.03. The fourth-order valence-electron chi connectivity index (χ4n) is 3.29. The van der Waals surface area contributed by atoms with E-state index in [1.807, 2.05) is 36.4 Å². The van der Waals surface area contributed by atoms with Gasteiger partial charge in [-0.05, 0) is 35.4 Å². The number of nitrogens with one attached hydrogen (secondary N) is 1. The molecule has 0 bridgehead atoms. The Hall–Kier alpha value is -4.55. The van der Waals surface area contributed by atoms with Gasteiger partial charge in [-0.2, -0.15) is 5.26 Å². The normalized spacial score (nSPS) is 11.0. The van der Waals surface area contributed by atoms with Crippen molar-refractivity contribution >= 4 is 28.5 Å². The SMILES string of the molecule is COc1cc(/C=C(/C#N)C(=O)Nc2nnc(Cc3ccccc3)s2)ccc1OCc1ccccc1F. The summed E-state index contributed by atoms with van der Waals surface area (Å²) < 4.78 is 24.9. The molecule has 0 atom stereocenters. The average molecular weight is 501 g/mol. The van der Waals surface area contributed by atoms with Crippen LogP contribution in [0.3, 0.4) is 0 Å². The Kier molecular flexibility index (Phi) is 8.01. The van der Waals surface area contributed by atoms with Gasteiger partial charge < -0.3 is 9.47 Å². The fourth-order valence-corrected chi connectivity index (χ4v) is 4.06. The van der Waals surface area contributed by atoms with Gasteiger partial charge in [0.2, 0.25) is 5.13 Å². The lowest BCUT2D eigenvalue weighted by atomic mass is 10.1. The second-order valence-corrected chi connectivity index (χ2v) is 8.64. The van der Waals surface area contributed by atoms with Crippen LogP contribution in [0, 0.1) is 17.1 Å². The molecule has 1 amide bonds. The van der Waals surface area contributed by atoms with E-state index >= 15 is 0 Å². The third-order valence-electron chi connectivity index (χ3n) is 5.09. The lowest BCUT2D eigenvalue weighted by Crippen LogP contribution is -2.13. The summed E-state index contributed by atoms with van der Waals surface area (Å²) in [5.41, 5.74) is 1.94. The van der Waals surface area contributed by atoms with Gasteiger partial charge in [-0.15, -0.1) is 10.2 Å². The Bertz CT molecular complexity index is 1430. The van der Waals surface area contributed by atoms with E-state index in [-0.39, 0.29) is 18.0 Å². The van der Waals surface area contributed by atoms with E-state index in [1.54, 1.807) is 36.4 Å². The van der Waals surface area contributed by atoms with Crippen molar-refractivity contribution in [3.05, 3.63) is 106 Å². The summed E-state index contributed by atoms with van der Waals surface area (Å²) in [4.78, 5) is 12.7. The smallest absolute Gasteiger partial charge is 0.268 e. The number of rotatable bonds is 9. The van der Waals surface area contributed by atoms with Crippen LogP contribution in [-0.2, 0) is 17.8 Å². The van der Waals surface area contributed by atoms with E-state index in [2.05, 4.69) is 15.5 Å². The van der Waals surface area contributed by atoms with Crippen molar-refractivity contribution in [1.82, 2.24) is 10.2 Å². The minimum Gasteiger partial charge on any atom is -0.493 e. The van der Waals surface area contributed by atoms with E-state index in [4.69, 9.17) is 9.47 Å². The Morgan fingerprint density at radius 1 is 1.08 bits per heavy atom. The molecule has 1 N–H and O–H groups in total. The molecule has 0 saturated heterocycles. The molecule has 0 aliphatic heterocycles. The molecule has 4 rings (SSSR count). The Labute approximate surface area is 211 Å². The van der Waals surface area contributed by atoms with Crippen molar-refractivity contribution in [3.8, 4) is 17.6 Å². The molecule has 4 aromatic rings. The molecule has 0 spiro atoms. The van der Waals surface area contributed by atoms with Crippen LogP contribution in [0.1, 0.15) is 21.7 Å². The number of halogens is 1. The lowest BCUT2D eigenvalue weighted by molar-refractivity contribution is -0.112. The van der Waals surface area contributed by atoms with Crippen molar-refractivity contribution in [1.29, 1.82) is 5.26 Å². The number of carbonyl (C=O) groups is 1. The summed E-state index contributed by atoms with van der Waals surface area (Å²) in [6.45, 7) is 0.0260. The standard InChI is InChI=1S/C27H21FN4O3S/c1-34-24-14-19(11-12-23(24)35-17-20-9-5-6-10-22(20)28)13-21(16-29)26(33)30-27-32-31-25(36-27)15-18-7-3-2-4-8-18/h2-14H,15,17H2,1H3,(H,30,32,33)/b21-13-. The maximum Gasteiger partial charge on any atom is 0.268 e. The second-order valence-electron chi connectivity index (χ2n) is 7.58. The van der Waals surface area contributed by atoms with Crippen LogP contribution in [0.4, 0.5) is 9.52 Å². The molecule has 1 aromatic heterocycles. The Balaban J connectivity index is 1.43. The zero-order valence-corrected chi connectivity index (χ0v) is 20.1. The molecule has 3 aromatic carbocycles. The summed E-state index contributed by atoms with van der Waals surface area (Å²) in [5.74, 6) is -0.171. The number of ether oxygens (including phenoxy) is 2. The van der Waals surface area contributed by atoms with Crippen molar-refractivity contribution in [2.24, 2.45) is 0 Å². The number of amides is 1. The molecule has 36 heavy (non-hydrogen) atoms. The van der Waals surface area contributed by atoms with E-state index in [9.17, 15) is 14.4 Å². The Morgan fingerprint density at radius 3 is 2.61 bits per heavy atom. The van der Waals surface area contributed by atoms with Crippen LogP contribution in [0.25, 0.3) is 6.08 Å². The predicted octanol–water partition coefficient (Wildman–Crippen LogP) is 5.40. The predicted molar refractivity (Wildman–Crippen MR) is 135 cm³/mol. The van der Waals surface area contributed by atoms with Crippen molar-refractivity contribution in [2.45, 2.75) is 13.0 Å². The third kappa shape index (κ3) is 6.31. The summed E-state index contributed by atoms with van der Waals surface area (Å²) in [5, 5.41) is 21.3. The lowest BCUT2D eigenvalue weighted by Gasteiger charge is -2.12. The molecule has 0 fully saturated rings. The number of hydrogen-bond donors (Lipinski definition) is 1. The van der Waals surface area contributed by atoms with Gasteiger partial charge in [0.25, 0.3) is 5.91 Å². The molecular formula is C27H21FN4O3S. The molecule has 0 radical (unpaired) electrons. The number of carbonyl (C=O) groups excluding carboxylic acids is 1. The first-order valence-corrected chi connectivity index (χ1v) is 11.7. The van der Waals surface area contributed by atoms with Crippen LogP contribution in [-0.4, -0.2) is 23.2 Å².